The Morgan fingerprint density at radius 3 is 2.65 bits per heavy atom. The maximum atomic E-state index is 11.9. The summed E-state index contributed by atoms with van der Waals surface area (Å²) in [4.78, 5) is 11.9. The highest BCUT2D eigenvalue weighted by Crippen LogP contribution is 2.22. The molecular weight excluding hydrogens is 350 g/mol. The van der Waals surface area contributed by atoms with Crippen LogP contribution in [0.15, 0.2) is 64.9 Å². The average molecular weight is 367 g/mol. The minimum absolute atomic E-state index is 0.174. The van der Waals surface area contributed by atoms with Crippen LogP contribution >= 0.6 is 11.8 Å². The first-order chi connectivity index (χ1) is 12.6. The topological polar surface area (TPSA) is 92.4 Å². The molecule has 0 spiro atoms. The van der Waals surface area contributed by atoms with Gasteiger partial charge in [-0.15, -0.1) is 10.2 Å². The molecule has 0 radical (unpaired) electrons. The molecule has 1 amide bonds. The maximum Gasteiger partial charge on any atom is 0.250 e. The molecule has 0 fully saturated rings. The van der Waals surface area contributed by atoms with Gasteiger partial charge in [-0.2, -0.15) is 5.10 Å². The summed E-state index contributed by atoms with van der Waals surface area (Å²) < 4.78 is 1.85. The standard InChI is InChI=1S/C18H17N5O2S/c1-23-17(14-5-3-2-4-6-14)21-22-18(23)26-12-16(25)20-19-11-13-7-9-15(24)10-8-13/h2-11,24H,12H2,1H3,(H,20,25)/b19-11+. The molecule has 2 aromatic carbocycles. The zero-order chi connectivity index (χ0) is 18.4. The molecule has 7 nitrogen and oxygen atoms in total. The molecule has 2 N–H and O–H groups in total. The van der Waals surface area contributed by atoms with Gasteiger partial charge in [0.2, 0.25) is 0 Å². The molecule has 3 rings (SSSR count). The highest BCUT2D eigenvalue weighted by Gasteiger charge is 2.12. The van der Waals surface area contributed by atoms with Crippen molar-refractivity contribution in [3.8, 4) is 17.1 Å². The van der Waals surface area contributed by atoms with Crippen LogP contribution in [0, 0.1) is 0 Å². The van der Waals surface area contributed by atoms with Gasteiger partial charge in [0.05, 0.1) is 12.0 Å². The van der Waals surface area contributed by atoms with Gasteiger partial charge in [0.15, 0.2) is 11.0 Å². The third kappa shape index (κ3) is 4.48. The lowest BCUT2D eigenvalue weighted by Crippen LogP contribution is -2.19. The van der Waals surface area contributed by atoms with Crippen molar-refractivity contribution < 1.29 is 9.90 Å². The van der Waals surface area contributed by atoms with Crippen molar-refractivity contribution in [3.63, 3.8) is 0 Å². The first-order valence-electron chi connectivity index (χ1n) is 7.82. The maximum absolute atomic E-state index is 11.9. The van der Waals surface area contributed by atoms with E-state index in [4.69, 9.17) is 0 Å². The summed E-state index contributed by atoms with van der Waals surface area (Å²) in [6.45, 7) is 0. The van der Waals surface area contributed by atoms with E-state index in [2.05, 4.69) is 20.7 Å². The summed E-state index contributed by atoms with van der Waals surface area (Å²) in [7, 11) is 1.87. The Morgan fingerprint density at radius 2 is 1.92 bits per heavy atom. The number of phenolic OH excluding ortho intramolecular Hbond substituents is 1. The second-order valence-corrected chi connectivity index (χ2v) is 6.35. The van der Waals surface area contributed by atoms with E-state index in [1.165, 1.54) is 18.0 Å². The van der Waals surface area contributed by atoms with Crippen molar-refractivity contribution in [2.45, 2.75) is 5.16 Å². The van der Waals surface area contributed by atoms with Crippen LogP contribution in [0.2, 0.25) is 0 Å². The Balaban J connectivity index is 1.53. The fraction of sp³-hybridized carbons (Fsp3) is 0.111. The number of benzene rings is 2. The van der Waals surface area contributed by atoms with Gasteiger partial charge < -0.3 is 9.67 Å². The monoisotopic (exact) mass is 367 g/mol. The predicted octanol–water partition coefficient (Wildman–Crippen LogP) is 2.43. The number of thioether (sulfide) groups is 1. The minimum atomic E-state index is -0.241. The van der Waals surface area contributed by atoms with E-state index in [1.54, 1.807) is 24.3 Å². The molecule has 0 saturated carbocycles. The number of amides is 1. The summed E-state index contributed by atoms with van der Waals surface area (Å²) in [5.41, 5.74) is 4.21. The van der Waals surface area contributed by atoms with Gasteiger partial charge in [0.25, 0.3) is 5.91 Å². The summed E-state index contributed by atoms with van der Waals surface area (Å²) in [6, 6.07) is 16.3. The molecule has 132 valence electrons. The number of hydrazone groups is 1. The zero-order valence-corrected chi connectivity index (χ0v) is 14.8. The molecule has 26 heavy (non-hydrogen) atoms. The van der Waals surface area contributed by atoms with Gasteiger partial charge >= 0.3 is 0 Å². The molecule has 0 unspecified atom stereocenters. The molecule has 0 aliphatic heterocycles. The molecule has 0 saturated heterocycles. The fourth-order valence-electron chi connectivity index (χ4n) is 2.18. The Morgan fingerprint density at radius 1 is 1.19 bits per heavy atom. The number of aromatic nitrogens is 3. The number of rotatable bonds is 6. The van der Waals surface area contributed by atoms with Crippen molar-refractivity contribution in [2.75, 3.05) is 5.75 Å². The molecule has 0 aliphatic carbocycles. The van der Waals surface area contributed by atoms with Gasteiger partial charge in [0.1, 0.15) is 5.75 Å². The molecule has 1 aromatic heterocycles. The van der Waals surface area contributed by atoms with Crippen LogP contribution in [-0.2, 0) is 11.8 Å². The highest BCUT2D eigenvalue weighted by atomic mass is 32.2. The first kappa shape index (κ1) is 17.7. The normalized spacial score (nSPS) is 11.0. The van der Waals surface area contributed by atoms with Gasteiger partial charge in [-0.05, 0) is 29.8 Å². The molecule has 3 aromatic rings. The largest absolute Gasteiger partial charge is 0.508 e. The lowest BCUT2D eigenvalue weighted by molar-refractivity contribution is -0.118. The number of nitrogens with one attached hydrogen (secondary N) is 1. The van der Waals surface area contributed by atoms with Gasteiger partial charge in [-0.1, -0.05) is 42.1 Å². The van der Waals surface area contributed by atoms with Gasteiger partial charge in [0, 0.05) is 12.6 Å². The zero-order valence-electron chi connectivity index (χ0n) is 14.0. The Kier molecular flexibility index (Phi) is 5.65. The Bertz CT molecular complexity index is 907. The van der Waals surface area contributed by atoms with E-state index in [0.717, 1.165) is 17.0 Å². The van der Waals surface area contributed by atoms with Crippen LogP contribution < -0.4 is 5.43 Å². The van der Waals surface area contributed by atoms with Crippen LogP contribution in [0.25, 0.3) is 11.4 Å². The van der Waals surface area contributed by atoms with Crippen LogP contribution in [0.3, 0.4) is 0 Å². The van der Waals surface area contributed by atoms with Crippen molar-refractivity contribution >= 4 is 23.9 Å². The SMILES string of the molecule is Cn1c(SCC(=O)N/N=C/c2ccc(O)cc2)nnc1-c1ccccc1. The number of carbonyl (C=O) groups is 1. The smallest absolute Gasteiger partial charge is 0.250 e. The van der Waals surface area contributed by atoms with Crippen molar-refractivity contribution in [1.82, 2.24) is 20.2 Å². The fourth-order valence-corrected chi connectivity index (χ4v) is 2.88. The highest BCUT2D eigenvalue weighted by molar-refractivity contribution is 7.99. The molecule has 0 atom stereocenters. The molecule has 0 aliphatic rings. The van der Waals surface area contributed by atoms with Crippen molar-refractivity contribution in [2.24, 2.45) is 12.1 Å². The summed E-state index contributed by atoms with van der Waals surface area (Å²) in [5, 5.41) is 22.1. The van der Waals surface area contributed by atoms with Gasteiger partial charge in [-0.3, -0.25) is 4.79 Å². The molecule has 0 bridgehead atoms. The minimum Gasteiger partial charge on any atom is -0.508 e. The van der Waals surface area contributed by atoms with E-state index in [9.17, 15) is 9.90 Å². The van der Waals surface area contributed by atoms with Crippen molar-refractivity contribution in [3.05, 3.63) is 60.2 Å². The van der Waals surface area contributed by atoms with E-state index in [0.29, 0.717) is 5.16 Å². The van der Waals surface area contributed by atoms with E-state index < -0.39 is 0 Å². The summed E-state index contributed by atoms with van der Waals surface area (Å²) >= 11 is 1.29. The van der Waals surface area contributed by atoms with Crippen LogP contribution in [0.5, 0.6) is 5.75 Å². The van der Waals surface area contributed by atoms with Gasteiger partial charge in [-0.25, -0.2) is 5.43 Å². The van der Waals surface area contributed by atoms with E-state index >= 15 is 0 Å². The number of phenols is 1. The Hall–Kier alpha value is -3.13. The third-order valence-electron chi connectivity index (χ3n) is 3.50. The quantitative estimate of drug-likeness (QED) is 0.397. The van der Waals surface area contributed by atoms with Crippen LogP contribution in [0.1, 0.15) is 5.56 Å². The van der Waals surface area contributed by atoms with Crippen molar-refractivity contribution in [1.29, 1.82) is 0 Å². The van der Waals surface area contributed by atoms with E-state index in [-0.39, 0.29) is 17.4 Å². The van der Waals surface area contributed by atoms with Crippen LogP contribution in [-0.4, -0.2) is 37.7 Å². The second kappa shape index (κ2) is 8.30. The number of nitrogens with zero attached hydrogens (tertiary/aromatic N) is 4. The number of hydrogen-bond acceptors (Lipinski definition) is 6. The predicted molar refractivity (Wildman–Crippen MR) is 101 cm³/mol. The van der Waals surface area contributed by atoms with E-state index in [1.807, 2.05) is 41.9 Å². The lowest BCUT2D eigenvalue weighted by atomic mass is 10.2. The molecule has 1 heterocycles. The molecular formula is C18H17N5O2S. The van der Waals surface area contributed by atoms with Crippen LogP contribution in [0.4, 0.5) is 0 Å². The summed E-state index contributed by atoms with van der Waals surface area (Å²) in [5.74, 6) is 0.863. The second-order valence-electron chi connectivity index (χ2n) is 5.40. The lowest BCUT2D eigenvalue weighted by Gasteiger charge is -2.03. The molecule has 8 heteroatoms. The number of hydrogen-bond donors (Lipinski definition) is 2. The average Bonchev–Trinajstić information content (AvgIpc) is 3.03. The Labute approximate surface area is 154 Å². The number of aromatic hydroxyl groups is 1. The third-order valence-corrected chi connectivity index (χ3v) is 4.52. The number of carbonyl (C=O) groups excluding carboxylic acids is 1. The summed E-state index contributed by atoms with van der Waals surface area (Å²) in [6.07, 6.45) is 1.51. The first-order valence-corrected chi connectivity index (χ1v) is 8.80.